The zero-order valence-corrected chi connectivity index (χ0v) is 10.4. The lowest BCUT2D eigenvalue weighted by atomic mass is 9.75. The first-order chi connectivity index (χ1) is 7.86. The molecule has 0 nitrogen and oxygen atoms in total. The Bertz CT molecular complexity index is 382. The van der Waals surface area contributed by atoms with Gasteiger partial charge in [0.05, 0.1) is 0 Å². The van der Waals surface area contributed by atoms with Crippen LogP contribution in [0.25, 0.3) is 0 Å². The predicted octanol–water partition coefficient (Wildman–Crippen LogP) is 4.67. The highest BCUT2D eigenvalue weighted by Crippen LogP contribution is 2.49. The van der Waals surface area contributed by atoms with Crippen LogP contribution in [0.3, 0.4) is 0 Å². The van der Waals surface area contributed by atoms with Gasteiger partial charge < -0.3 is 0 Å². The maximum atomic E-state index is 2.49. The summed E-state index contributed by atoms with van der Waals surface area (Å²) in [7, 11) is 0. The largest absolute Gasteiger partial charge is 0.115 e. The highest BCUT2D eigenvalue weighted by molar-refractivity contribution is 8.00. The Balaban J connectivity index is 1.82. The summed E-state index contributed by atoms with van der Waals surface area (Å²) >= 11 is 2.08. The van der Waals surface area contributed by atoms with Crippen LogP contribution in [0.1, 0.15) is 32.1 Å². The SMILES string of the molecule is C1=CC2(Sc3ccccc3)CCCC(C1)C2. The van der Waals surface area contributed by atoms with Crippen LogP contribution in [0.2, 0.25) is 0 Å². The average Bonchev–Trinajstić information content (AvgIpc) is 2.30. The Morgan fingerprint density at radius 2 is 2.06 bits per heavy atom. The Hall–Kier alpha value is -0.690. The van der Waals surface area contributed by atoms with E-state index in [2.05, 4.69) is 54.2 Å². The minimum Gasteiger partial charge on any atom is -0.115 e. The van der Waals surface area contributed by atoms with E-state index in [0.29, 0.717) is 4.75 Å². The molecule has 1 fully saturated rings. The van der Waals surface area contributed by atoms with Crippen molar-refractivity contribution in [3.63, 3.8) is 0 Å². The summed E-state index contributed by atoms with van der Waals surface area (Å²) in [6.07, 6.45) is 11.8. The van der Waals surface area contributed by atoms with Crippen molar-refractivity contribution in [3.8, 4) is 0 Å². The summed E-state index contributed by atoms with van der Waals surface area (Å²) < 4.78 is 0.419. The second-order valence-electron chi connectivity index (χ2n) is 5.08. The van der Waals surface area contributed by atoms with Gasteiger partial charge in [-0.1, -0.05) is 43.2 Å². The maximum Gasteiger partial charge on any atom is 0.0388 e. The lowest BCUT2D eigenvalue weighted by Crippen LogP contribution is -2.32. The van der Waals surface area contributed by atoms with Crippen LogP contribution in [0, 0.1) is 5.92 Å². The van der Waals surface area contributed by atoms with E-state index in [-0.39, 0.29) is 0 Å². The second-order valence-corrected chi connectivity index (χ2v) is 6.57. The fourth-order valence-electron chi connectivity index (χ4n) is 3.06. The van der Waals surface area contributed by atoms with E-state index in [1.165, 1.54) is 37.0 Å². The van der Waals surface area contributed by atoms with Gasteiger partial charge in [-0.05, 0) is 37.3 Å². The zero-order chi connectivity index (χ0) is 10.8. The average molecular weight is 230 g/mol. The first-order valence-corrected chi connectivity index (χ1v) is 7.10. The molecule has 2 unspecified atom stereocenters. The van der Waals surface area contributed by atoms with Crippen LogP contribution >= 0.6 is 11.8 Å². The van der Waals surface area contributed by atoms with Gasteiger partial charge >= 0.3 is 0 Å². The fraction of sp³-hybridized carbons (Fsp3) is 0.467. The number of benzene rings is 1. The van der Waals surface area contributed by atoms with Crippen molar-refractivity contribution in [2.45, 2.75) is 41.7 Å². The van der Waals surface area contributed by atoms with E-state index in [9.17, 15) is 0 Å². The topological polar surface area (TPSA) is 0 Å². The fourth-order valence-corrected chi connectivity index (χ4v) is 4.55. The molecule has 2 bridgehead atoms. The molecule has 0 heterocycles. The molecule has 0 N–H and O–H groups in total. The van der Waals surface area contributed by atoms with Crippen LogP contribution in [-0.2, 0) is 0 Å². The molecule has 0 radical (unpaired) electrons. The van der Waals surface area contributed by atoms with E-state index in [4.69, 9.17) is 0 Å². The Morgan fingerprint density at radius 1 is 1.19 bits per heavy atom. The molecule has 0 aromatic heterocycles. The zero-order valence-electron chi connectivity index (χ0n) is 9.56. The maximum absolute atomic E-state index is 2.49. The molecule has 16 heavy (non-hydrogen) atoms. The Kier molecular flexibility index (Phi) is 2.81. The number of rotatable bonds is 2. The molecule has 2 atom stereocenters. The van der Waals surface area contributed by atoms with Gasteiger partial charge in [0.2, 0.25) is 0 Å². The van der Waals surface area contributed by atoms with Crippen molar-refractivity contribution < 1.29 is 0 Å². The van der Waals surface area contributed by atoms with Gasteiger partial charge in [0.25, 0.3) is 0 Å². The molecule has 0 aliphatic heterocycles. The van der Waals surface area contributed by atoms with Gasteiger partial charge in [-0.15, -0.1) is 11.8 Å². The summed E-state index contributed by atoms with van der Waals surface area (Å²) in [5.74, 6) is 0.954. The molecule has 0 spiro atoms. The number of hydrogen-bond acceptors (Lipinski definition) is 1. The summed E-state index contributed by atoms with van der Waals surface area (Å²) in [6.45, 7) is 0. The Labute approximate surface area is 102 Å². The molecule has 1 aromatic carbocycles. The monoisotopic (exact) mass is 230 g/mol. The molecule has 2 aliphatic rings. The lowest BCUT2D eigenvalue weighted by Gasteiger charge is -2.41. The van der Waals surface area contributed by atoms with Crippen LogP contribution < -0.4 is 0 Å². The Morgan fingerprint density at radius 3 is 2.94 bits per heavy atom. The summed E-state index contributed by atoms with van der Waals surface area (Å²) in [5, 5.41) is 0. The predicted molar refractivity (Wildman–Crippen MR) is 70.7 cm³/mol. The summed E-state index contributed by atoms with van der Waals surface area (Å²) in [5.41, 5.74) is 0. The van der Waals surface area contributed by atoms with E-state index >= 15 is 0 Å². The molecule has 0 amide bonds. The quantitative estimate of drug-likeness (QED) is 0.665. The molecule has 0 saturated heterocycles. The first kappa shape index (κ1) is 10.5. The third-order valence-corrected chi connectivity index (χ3v) is 5.22. The number of fused-ring (bicyclic) bond motifs is 2. The standard InChI is InChI=1S/C15H18S/c1-2-8-14(9-3-1)16-15-10-4-6-13(12-15)7-5-11-15/h1-4,8-10,13H,5-7,11-12H2. The molecule has 1 heteroatoms. The second kappa shape index (κ2) is 4.29. The number of thioether (sulfide) groups is 1. The van der Waals surface area contributed by atoms with Gasteiger partial charge in [0.15, 0.2) is 0 Å². The molecule has 1 saturated carbocycles. The minimum absolute atomic E-state index is 0.419. The van der Waals surface area contributed by atoms with Gasteiger partial charge in [0.1, 0.15) is 0 Å². The molecular formula is C15H18S. The third kappa shape index (κ3) is 2.06. The summed E-state index contributed by atoms with van der Waals surface area (Å²) in [4.78, 5) is 1.43. The van der Waals surface area contributed by atoms with Crippen LogP contribution in [0.5, 0.6) is 0 Å². The van der Waals surface area contributed by atoms with Crippen LogP contribution in [-0.4, -0.2) is 4.75 Å². The van der Waals surface area contributed by atoms with Crippen molar-refractivity contribution in [1.82, 2.24) is 0 Å². The molecule has 84 valence electrons. The van der Waals surface area contributed by atoms with Gasteiger partial charge in [-0.25, -0.2) is 0 Å². The highest BCUT2D eigenvalue weighted by atomic mass is 32.2. The van der Waals surface area contributed by atoms with Crippen LogP contribution in [0.15, 0.2) is 47.4 Å². The highest BCUT2D eigenvalue weighted by Gasteiger charge is 2.36. The summed E-state index contributed by atoms with van der Waals surface area (Å²) in [6, 6.07) is 10.9. The van der Waals surface area contributed by atoms with Crippen molar-refractivity contribution in [2.24, 2.45) is 5.92 Å². The van der Waals surface area contributed by atoms with Gasteiger partial charge in [-0.2, -0.15) is 0 Å². The normalized spacial score (nSPS) is 32.6. The molecular weight excluding hydrogens is 212 g/mol. The van der Waals surface area contributed by atoms with Gasteiger partial charge in [0, 0.05) is 9.64 Å². The van der Waals surface area contributed by atoms with Crippen molar-refractivity contribution in [1.29, 1.82) is 0 Å². The van der Waals surface area contributed by atoms with E-state index in [1.807, 2.05) is 0 Å². The number of hydrogen-bond donors (Lipinski definition) is 0. The molecule has 3 rings (SSSR count). The third-order valence-electron chi connectivity index (χ3n) is 3.80. The van der Waals surface area contributed by atoms with Crippen molar-refractivity contribution >= 4 is 11.8 Å². The lowest BCUT2D eigenvalue weighted by molar-refractivity contribution is 0.315. The van der Waals surface area contributed by atoms with E-state index in [1.54, 1.807) is 0 Å². The van der Waals surface area contributed by atoms with Crippen molar-refractivity contribution in [2.75, 3.05) is 0 Å². The number of allylic oxidation sites excluding steroid dienone is 1. The van der Waals surface area contributed by atoms with Gasteiger partial charge in [-0.3, -0.25) is 0 Å². The minimum atomic E-state index is 0.419. The van der Waals surface area contributed by atoms with Crippen LogP contribution in [0.4, 0.5) is 0 Å². The van der Waals surface area contributed by atoms with E-state index in [0.717, 1.165) is 5.92 Å². The van der Waals surface area contributed by atoms with E-state index < -0.39 is 0 Å². The molecule has 2 aliphatic carbocycles. The van der Waals surface area contributed by atoms with Crippen molar-refractivity contribution in [3.05, 3.63) is 42.5 Å². The smallest absolute Gasteiger partial charge is 0.0388 e. The molecule has 1 aromatic rings. The first-order valence-electron chi connectivity index (χ1n) is 6.28.